The lowest BCUT2D eigenvalue weighted by atomic mass is 10.1. The lowest BCUT2D eigenvalue weighted by Gasteiger charge is -2.20. The Labute approximate surface area is 132 Å². The molecule has 2 atom stereocenters. The van der Waals surface area contributed by atoms with Gasteiger partial charge in [-0.1, -0.05) is 50.1 Å². The molecule has 1 aromatic rings. The SMILES string of the molecule is CCC(OC1CCCC1)C(=O)NCCC(O)c1ccccc1. The van der Waals surface area contributed by atoms with Crippen molar-refractivity contribution in [2.75, 3.05) is 6.54 Å². The summed E-state index contributed by atoms with van der Waals surface area (Å²) in [5.74, 6) is -0.0605. The highest BCUT2D eigenvalue weighted by molar-refractivity contribution is 5.80. The Morgan fingerprint density at radius 1 is 1.32 bits per heavy atom. The van der Waals surface area contributed by atoms with Crippen LogP contribution in [0.4, 0.5) is 0 Å². The fourth-order valence-corrected chi connectivity index (χ4v) is 2.89. The third-order valence-electron chi connectivity index (χ3n) is 4.22. The molecule has 1 fully saturated rings. The summed E-state index contributed by atoms with van der Waals surface area (Å²) >= 11 is 0. The quantitative estimate of drug-likeness (QED) is 0.776. The molecule has 0 heterocycles. The molecule has 2 N–H and O–H groups in total. The number of ether oxygens (including phenoxy) is 1. The van der Waals surface area contributed by atoms with Crippen LogP contribution in [-0.4, -0.2) is 29.8 Å². The minimum atomic E-state index is -0.544. The van der Waals surface area contributed by atoms with E-state index >= 15 is 0 Å². The van der Waals surface area contributed by atoms with Gasteiger partial charge in [0.05, 0.1) is 12.2 Å². The highest BCUT2D eigenvalue weighted by atomic mass is 16.5. The number of rotatable bonds is 8. The zero-order chi connectivity index (χ0) is 15.8. The van der Waals surface area contributed by atoms with Gasteiger partial charge in [-0.25, -0.2) is 0 Å². The van der Waals surface area contributed by atoms with Crippen molar-refractivity contribution in [3.05, 3.63) is 35.9 Å². The summed E-state index contributed by atoms with van der Waals surface area (Å²) in [6.45, 7) is 2.43. The molecule has 2 rings (SSSR count). The maximum atomic E-state index is 12.2. The van der Waals surface area contributed by atoms with Crippen LogP contribution in [0.15, 0.2) is 30.3 Å². The van der Waals surface area contributed by atoms with Crippen LogP contribution in [0.25, 0.3) is 0 Å². The second kappa shape index (κ2) is 8.91. The molecule has 2 unspecified atom stereocenters. The number of aliphatic hydroxyl groups excluding tert-OH is 1. The van der Waals surface area contributed by atoms with Crippen LogP contribution < -0.4 is 5.32 Å². The first-order chi connectivity index (χ1) is 10.7. The second-order valence-electron chi connectivity index (χ2n) is 5.95. The van der Waals surface area contributed by atoms with Gasteiger partial charge in [0.25, 0.3) is 0 Å². The van der Waals surface area contributed by atoms with Crippen molar-refractivity contribution in [3.63, 3.8) is 0 Å². The van der Waals surface area contributed by atoms with Crippen molar-refractivity contribution in [1.29, 1.82) is 0 Å². The minimum Gasteiger partial charge on any atom is -0.388 e. The Bertz CT molecular complexity index is 443. The number of carbonyl (C=O) groups excluding carboxylic acids is 1. The van der Waals surface area contributed by atoms with Gasteiger partial charge in [0.15, 0.2) is 0 Å². The first-order valence-electron chi connectivity index (χ1n) is 8.37. The molecule has 0 bridgehead atoms. The van der Waals surface area contributed by atoms with Crippen LogP contribution in [0.5, 0.6) is 0 Å². The van der Waals surface area contributed by atoms with E-state index in [2.05, 4.69) is 5.32 Å². The predicted molar refractivity (Wildman–Crippen MR) is 86.4 cm³/mol. The molecule has 22 heavy (non-hydrogen) atoms. The molecule has 4 nitrogen and oxygen atoms in total. The molecular formula is C18H27NO3. The molecule has 1 saturated carbocycles. The number of hydrogen-bond acceptors (Lipinski definition) is 3. The van der Waals surface area contributed by atoms with Crippen molar-refractivity contribution in [1.82, 2.24) is 5.32 Å². The number of aliphatic hydroxyl groups is 1. The zero-order valence-corrected chi connectivity index (χ0v) is 13.3. The summed E-state index contributed by atoms with van der Waals surface area (Å²) in [6, 6.07) is 9.51. The monoisotopic (exact) mass is 305 g/mol. The van der Waals surface area contributed by atoms with Crippen LogP contribution in [0, 0.1) is 0 Å². The summed E-state index contributed by atoms with van der Waals surface area (Å²) in [6.07, 6.45) is 5.06. The van der Waals surface area contributed by atoms with Gasteiger partial charge in [-0.2, -0.15) is 0 Å². The summed E-state index contributed by atoms with van der Waals surface area (Å²) in [7, 11) is 0. The molecule has 1 aliphatic rings. The van der Waals surface area contributed by atoms with E-state index in [1.807, 2.05) is 37.3 Å². The van der Waals surface area contributed by atoms with Gasteiger partial charge in [-0.3, -0.25) is 4.79 Å². The van der Waals surface area contributed by atoms with E-state index in [1.54, 1.807) is 0 Å². The Morgan fingerprint density at radius 3 is 2.64 bits per heavy atom. The summed E-state index contributed by atoms with van der Waals surface area (Å²) < 4.78 is 5.89. The van der Waals surface area contributed by atoms with Crippen LogP contribution in [0.2, 0.25) is 0 Å². The van der Waals surface area contributed by atoms with Gasteiger partial charge in [0.1, 0.15) is 6.10 Å². The number of carbonyl (C=O) groups is 1. The number of nitrogens with one attached hydrogen (secondary N) is 1. The first kappa shape index (κ1) is 17.0. The average Bonchev–Trinajstić information content (AvgIpc) is 3.06. The molecule has 0 radical (unpaired) electrons. The normalized spacial score (nSPS) is 18.1. The molecule has 4 heteroatoms. The topological polar surface area (TPSA) is 58.6 Å². The van der Waals surface area contributed by atoms with Crippen LogP contribution in [0.1, 0.15) is 57.1 Å². The minimum absolute atomic E-state index is 0.0605. The maximum absolute atomic E-state index is 12.2. The van der Waals surface area contributed by atoms with E-state index < -0.39 is 6.10 Å². The summed E-state index contributed by atoms with van der Waals surface area (Å²) in [5.41, 5.74) is 0.881. The van der Waals surface area contributed by atoms with Gasteiger partial charge >= 0.3 is 0 Å². The maximum Gasteiger partial charge on any atom is 0.249 e. The van der Waals surface area contributed by atoms with Crippen LogP contribution >= 0.6 is 0 Å². The largest absolute Gasteiger partial charge is 0.388 e. The Balaban J connectivity index is 1.71. The lowest BCUT2D eigenvalue weighted by Crippen LogP contribution is -2.38. The van der Waals surface area contributed by atoms with Gasteiger partial charge in [0, 0.05) is 6.54 Å². The molecule has 122 valence electrons. The first-order valence-corrected chi connectivity index (χ1v) is 8.37. The Morgan fingerprint density at radius 2 is 2.00 bits per heavy atom. The number of amides is 1. The van der Waals surface area contributed by atoms with E-state index in [1.165, 1.54) is 12.8 Å². The van der Waals surface area contributed by atoms with Gasteiger partial charge < -0.3 is 15.2 Å². The number of hydrogen-bond donors (Lipinski definition) is 2. The van der Waals surface area contributed by atoms with Crippen molar-refractivity contribution in [2.45, 2.75) is 63.8 Å². The fraction of sp³-hybridized carbons (Fsp3) is 0.611. The standard InChI is InChI=1S/C18H27NO3/c1-2-17(22-15-10-6-7-11-15)18(21)19-13-12-16(20)14-8-4-3-5-9-14/h3-5,8-9,15-17,20H,2,6-7,10-13H2,1H3,(H,19,21). The molecule has 0 aliphatic heterocycles. The zero-order valence-electron chi connectivity index (χ0n) is 13.3. The third-order valence-corrected chi connectivity index (χ3v) is 4.22. The van der Waals surface area contributed by atoms with Gasteiger partial charge in [-0.05, 0) is 31.2 Å². The van der Waals surface area contributed by atoms with E-state index in [-0.39, 0.29) is 18.1 Å². The highest BCUT2D eigenvalue weighted by Crippen LogP contribution is 2.23. The van der Waals surface area contributed by atoms with E-state index in [4.69, 9.17) is 4.74 Å². The lowest BCUT2D eigenvalue weighted by molar-refractivity contribution is -0.136. The second-order valence-corrected chi connectivity index (χ2v) is 5.95. The predicted octanol–water partition coefficient (Wildman–Crippen LogP) is 2.96. The molecule has 0 spiro atoms. The van der Waals surface area contributed by atoms with Crippen LogP contribution in [-0.2, 0) is 9.53 Å². The third kappa shape index (κ3) is 5.11. The van der Waals surface area contributed by atoms with Crippen molar-refractivity contribution >= 4 is 5.91 Å². The smallest absolute Gasteiger partial charge is 0.249 e. The van der Waals surface area contributed by atoms with Crippen molar-refractivity contribution in [3.8, 4) is 0 Å². The Hall–Kier alpha value is -1.39. The van der Waals surface area contributed by atoms with Crippen molar-refractivity contribution in [2.24, 2.45) is 0 Å². The highest BCUT2D eigenvalue weighted by Gasteiger charge is 2.24. The van der Waals surface area contributed by atoms with Crippen LogP contribution in [0.3, 0.4) is 0 Å². The van der Waals surface area contributed by atoms with Gasteiger partial charge in [-0.15, -0.1) is 0 Å². The Kier molecular flexibility index (Phi) is 6.87. The molecule has 1 amide bonds. The fourth-order valence-electron chi connectivity index (χ4n) is 2.89. The summed E-state index contributed by atoms with van der Waals surface area (Å²) in [5, 5.41) is 13.0. The molecule has 1 aromatic carbocycles. The van der Waals surface area contributed by atoms with E-state index in [0.29, 0.717) is 19.4 Å². The molecule has 0 saturated heterocycles. The van der Waals surface area contributed by atoms with Crippen molar-refractivity contribution < 1.29 is 14.6 Å². The molecular weight excluding hydrogens is 278 g/mol. The molecule has 1 aliphatic carbocycles. The summed E-state index contributed by atoms with van der Waals surface area (Å²) in [4.78, 5) is 12.2. The van der Waals surface area contributed by atoms with Gasteiger partial charge in [0.2, 0.25) is 5.91 Å². The van der Waals surface area contributed by atoms with E-state index in [0.717, 1.165) is 18.4 Å². The molecule has 0 aromatic heterocycles. The van der Waals surface area contributed by atoms with E-state index in [9.17, 15) is 9.90 Å². The number of benzene rings is 1. The average molecular weight is 305 g/mol.